The zero-order valence-corrected chi connectivity index (χ0v) is 5.39. The number of allylic oxidation sites excluding steroid dienone is 1. The standard InChI is InChI=1S/C6H12N2/c1-3-5-8(2)6-4-7/h3-5,7H,6H2,1-2H3/b5-3-,7-4?. The number of nitrogens with one attached hydrogen (secondary N) is 1. The minimum absolute atomic E-state index is 0.699. The fourth-order valence-electron chi connectivity index (χ4n) is 0.459. The first kappa shape index (κ1) is 7.21. The highest BCUT2D eigenvalue weighted by Crippen LogP contribution is 1.78. The van der Waals surface area contributed by atoms with Crippen LogP contribution in [0.4, 0.5) is 0 Å². The Balaban J connectivity index is 3.31. The van der Waals surface area contributed by atoms with Gasteiger partial charge in [-0.2, -0.15) is 0 Å². The number of rotatable bonds is 3. The third-order valence-corrected chi connectivity index (χ3v) is 0.783. The molecule has 0 aliphatic carbocycles. The first-order valence-corrected chi connectivity index (χ1v) is 2.63. The van der Waals surface area contributed by atoms with E-state index in [9.17, 15) is 0 Å². The molecule has 2 nitrogen and oxygen atoms in total. The van der Waals surface area contributed by atoms with Crippen LogP contribution in [0, 0.1) is 5.41 Å². The van der Waals surface area contributed by atoms with Crippen molar-refractivity contribution in [3.8, 4) is 0 Å². The second-order valence-electron chi connectivity index (χ2n) is 1.63. The maximum Gasteiger partial charge on any atom is 0.0516 e. The van der Waals surface area contributed by atoms with Crippen molar-refractivity contribution < 1.29 is 0 Å². The van der Waals surface area contributed by atoms with Gasteiger partial charge in [-0.3, -0.25) is 0 Å². The molecule has 0 heterocycles. The van der Waals surface area contributed by atoms with Crippen LogP contribution < -0.4 is 0 Å². The first-order valence-electron chi connectivity index (χ1n) is 2.63. The molecule has 0 fully saturated rings. The first-order chi connectivity index (χ1) is 3.81. The molecule has 0 aromatic carbocycles. The van der Waals surface area contributed by atoms with E-state index in [1.54, 1.807) is 0 Å². The van der Waals surface area contributed by atoms with Gasteiger partial charge in [-0.05, 0) is 13.1 Å². The molecule has 0 aromatic heterocycles. The Labute approximate surface area is 50.3 Å². The molecule has 0 atom stereocenters. The Morgan fingerprint density at radius 2 is 2.25 bits per heavy atom. The van der Waals surface area contributed by atoms with E-state index in [0.717, 1.165) is 0 Å². The van der Waals surface area contributed by atoms with E-state index in [0.29, 0.717) is 6.54 Å². The zero-order chi connectivity index (χ0) is 6.41. The topological polar surface area (TPSA) is 27.1 Å². The van der Waals surface area contributed by atoms with Crippen LogP contribution in [0.1, 0.15) is 6.92 Å². The highest BCUT2D eigenvalue weighted by Gasteiger charge is 1.80. The summed E-state index contributed by atoms with van der Waals surface area (Å²) in [6.07, 6.45) is 5.26. The fraction of sp³-hybridized carbons (Fsp3) is 0.500. The summed E-state index contributed by atoms with van der Waals surface area (Å²) < 4.78 is 0. The van der Waals surface area contributed by atoms with Gasteiger partial charge in [-0.15, -0.1) is 0 Å². The van der Waals surface area contributed by atoms with Crippen LogP contribution in [0.5, 0.6) is 0 Å². The lowest BCUT2D eigenvalue weighted by molar-refractivity contribution is 0.527. The molecule has 0 unspecified atom stereocenters. The molecule has 0 aliphatic heterocycles. The molecule has 8 heavy (non-hydrogen) atoms. The van der Waals surface area contributed by atoms with E-state index in [4.69, 9.17) is 5.41 Å². The van der Waals surface area contributed by atoms with Gasteiger partial charge in [-0.25, -0.2) is 0 Å². The molecule has 0 saturated carbocycles. The molecule has 0 amide bonds. The van der Waals surface area contributed by atoms with Crippen molar-refractivity contribution in [3.05, 3.63) is 12.3 Å². The molecular weight excluding hydrogens is 100 g/mol. The van der Waals surface area contributed by atoms with Gasteiger partial charge >= 0.3 is 0 Å². The van der Waals surface area contributed by atoms with E-state index in [1.807, 2.05) is 31.1 Å². The minimum atomic E-state index is 0.699. The second-order valence-corrected chi connectivity index (χ2v) is 1.63. The molecule has 46 valence electrons. The van der Waals surface area contributed by atoms with Crippen LogP contribution >= 0.6 is 0 Å². The summed E-state index contributed by atoms with van der Waals surface area (Å²) in [5, 5.41) is 6.71. The summed E-state index contributed by atoms with van der Waals surface area (Å²) in [5.74, 6) is 0. The van der Waals surface area contributed by atoms with Gasteiger partial charge in [0.05, 0.1) is 6.54 Å². The molecule has 0 radical (unpaired) electrons. The van der Waals surface area contributed by atoms with Gasteiger partial charge in [-0.1, -0.05) is 6.08 Å². The predicted molar refractivity (Wildman–Crippen MR) is 36.2 cm³/mol. The number of nitrogens with zero attached hydrogens (tertiary/aromatic N) is 1. The predicted octanol–water partition coefficient (Wildman–Crippen LogP) is 1.10. The van der Waals surface area contributed by atoms with Gasteiger partial charge in [0.25, 0.3) is 0 Å². The lowest BCUT2D eigenvalue weighted by Gasteiger charge is -2.07. The van der Waals surface area contributed by atoms with Crippen LogP contribution in [0.15, 0.2) is 12.3 Å². The quantitative estimate of drug-likeness (QED) is 0.544. The Morgan fingerprint density at radius 1 is 1.62 bits per heavy atom. The Hall–Kier alpha value is -0.790. The monoisotopic (exact) mass is 112 g/mol. The van der Waals surface area contributed by atoms with Crippen molar-refractivity contribution >= 4 is 6.21 Å². The summed E-state index contributed by atoms with van der Waals surface area (Å²) in [6.45, 7) is 2.66. The molecule has 2 heteroatoms. The molecule has 0 spiro atoms. The lowest BCUT2D eigenvalue weighted by Crippen LogP contribution is -2.12. The maximum atomic E-state index is 6.71. The van der Waals surface area contributed by atoms with Gasteiger partial charge < -0.3 is 10.3 Å². The SMILES string of the molecule is C/C=C\N(C)CC=N. The Bertz CT molecular complexity index is 86.5. The van der Waals surface area contributed by atoms with Crippen molar-refractivity contribution in [1.82, 2.24) is 4.90 Å². The van der Waals surface area contributed by atoms with Gasteiger partial charge in [0.1, 0.15) is 0 Å². The van der Waals surface area contributed by atoms with Crippen LogP contribution in [0.2, 0.25) is 0 Å². The molecular formula is C6H12N2. The Morgan fingerprint density at radius 3 is 2.62 bits per heavy atom. The van der Waals surface area contributed by atoms with Gasteiger partial charge in [0, 0.05) is 13.3 Å². The van der Waals surface area contributed by atoms with E-state index in [1.165, 1.54) is 6.21 Å². The third-order valence-electron chi connectivity index (χ3n) is 0.783. The van der Waals surface area contributed by atoms with Gasteiger partial charge in [0.2, 0.25) is 0 Å². The minimum Gasteiger partial charge on any atom is -0.375 e. The van der Waals surface area contributed by atoms with Crippen LogP contribution in [0.3, 0.4) is 0 Å². The van der Waals surface area contributed by atoms with E-state index >= 15 is 0 Å². The highest BCUT2D eigenvalue weighted by atomic mass is 15.1. The molecule has 0 saturated heterocycles. The van der Waals surface area contributed by atoms with E-state index < -0.39 is 0 Å². The second kappa shape index (κ2) is 4.37. The summed E-state index contributed by atoms with van der Waals surface area (Å²) in [4.78, 5) is 1.94. The van der Waals surface area contributed by atoms with E-state index in [-0.39, 0.29) is 0 Å². The van der Waals surface area contributed by atoms with Gasteiger partial charge in [0.15, 0.2) is 0 Å². The summed E-state index contributed by atoms with van der Waals surface area (Å²) in [5.41, 5.74) is 0. The molecule has 0 bridgehead atoms. The smallest absolute Gasteiger partial charge is 0.0516 e. The summed E-state index contributed by atoms with van der Waals surface area (Å²) >= 11 is 0. The summed E-state index contributed by atoms with van der Waals surface area (Å²) in [6, 6.07) is 0. The summed E-state index contributed by atoms with van der Waals surface area (Å²) in [7, 11) is 1.94. The van der Waals surface area contributed by atoms with Crippen molar-refractivity contribution in [2.75, 3.05) is 13.6 Å². The van der Waals surface area contributed by atoms with Crippen molar-refractivity contribution in [2.24, 2.45) is 0 Å². The van der Waals surface area contributed by atoms with Crippen molar-refractivity contribution in [3.63, 3.8) is 0 Å². The Kier molecular flexibility index (Phi) is 3.94. The molecule has 0 aliphatic rings. The van der Waals surface area contributed by atoms with E-state index in [2.05, 4.69) is 0 Å². The van der Waals surface area contributed by atoms with Crippen LogP contribution in [0.25, 0.3) is 0 Å². The van der Waals surface area contributed by atoms with Crippen molar-refractivity contribution in [2.45, 2.75) is 6.92 Å². The molecule has 0 rings (SSSR count). The lowest BCUT2D eigenvalue weighted by atomic mass is 10.6. The van der Waals surface area contributed by atoms with Crippen molar-refractivity contribution in [1.29, 1.82) is 5.41 Å². The molecule has 1 N–H and O–H groups in total. The van der Waals surface area contributed by atoms with Crippen LogP contribution in [-0.4, -0.2) is 24.7 Å². The third kappa shape index (κ3) is 3.40. The number of hydrogen-bond donors (Lipinski definition) is 1. The normalized spacial score (nSPS) is 9.75. The number of hydrogen-bond acceptors (Lipinski definition) is 2. The fourth-order valence-corrected chi connectivity index (χ4v) is 0.459. The average molecular weight is 112 g/mol. The maximum absolute atomic E-state index is 6.71. The molecule has 0 aromatic rings. The zero-order valence-electron chi connectivity index (χ0n) is 5.39. The highest BCUT2D eigenvalue weighted by molar-refractivity contribution is 5.55. The largest absolute Gasteiger partial charge is 0.375 e. The average Bonchev–Trinajstić information content (AvgIpc) is 1.68. The van der Waals surface area contributed by atoms with Crippen LogP contribution in [-0.2, 0) is 0 Å².